The predicted molar refractivity (Wildman–Crippen MR) is 54.1 cm³/mol. The van der Waals surface area contributed by atoms with Crippen LogP contribution >= 0.6 is 0 Å². The average Bonchev–Trinajstić information content (AvgIpc) is 2.26. The first-order chi connectivity index (χ1) is 7.47. The molecular weight excluding hydrogens is 216 g/mol. The first-order valence-corrected chi connectivity index (χ1v) is 4.03. The molecule has 0 spiro atoms. The van der Waals surface area contributed by atoms with Gasteiger partial charge in [0.2, 0.25) is 5.91 Å². The van der Waals surface area contributed by atoms with Gasteiger partial charge in [0.15, 0.2) is 5.84 Å². The largest absolute Gasteiger partial charge is 0.409 e. The predicted octanol–water partition coefficient (Wildman–Crippen LogP) is -0.212. The Morgan fingerprint density at radius 3 is 2.50 bits per heavy atom. The molecule has 16 heavy (non-hydrogen) atoms. The molecule has 5 N–H and O–H groups in total. The first kappa shape index (κ1) is 11.4. The third-order valence-electron chi connectivity index (χ3n) is 1.86. The second-order valence-corrected chi connectivity index (χ2v) is 2.84. The van der Waals surface area contributed by atoms with Crippen LogP contribution in [0.4, 0.5) is 5.69 Å². The topological polar surface area (TPSA) is 145 Å². The van der Waals surface area contributed by atoms with Crippen molar-refractivity contribution in [3.8, 4) is 0 Å². The van der Waals surface area contributed by atoms with Crippen LogP contribution < -0.4 is 11.5 Å². The fraction of sp³-hybridized carbons (Fsp3) is 0. The lowest BCUT2D eigenvalue weighted by molar-refractivity contribution is -0.385. The van der Waals surface area contributed by atoms with E-state index < -0.39 is 22.4 Å². The van der Waals surface area contributed by atoms with Gasteiger partial charge in [0.1, 0.15) is 0 Å². The number of rotatable bonds is 3. The molecule has 0 unspecified atom stereocenters. The van der Waals surface area contributed by atoms with Crippen LogP contribution in [0.3, 0.4) is 0 Å². The summed E-state index contributed by atoms with van der Waals surface area (Å²) in [5.74, 6) is -1.21. The van der Waals surface area contributed by atoms with Crippen LogP contribution in [0, 0.1) is 10.1 Å². The number of nitro groups is 1. The quantitative estimate of drug-likeness (QED) is 0.214. The van der Waals surface area contributed by atoms with Crippen molar-refractivity contribution in [1.29, 1.82) is 0 Å². The number of hydrogen-bond donors (Lipinski definition) is 3. The highest BCUT2D eigenvalue weighted by molar-refractivity contribution is 6.02. The molecule has 0 heterocycles. The van der Waals surface area contributed by atoms with Gasteiger partial charge in [-0.1, -0.05) is 5.16 Å². The number of nitrogens with zero attached hydrogens (tertiary/aromatic N) is 2. The summed E-state index contributed by atoms with van der Waals surface area (Å²) in [6.07, 6.45) is 0. The molecule has 0 fully saturated rings. The molecule has 0 aliphatic rings. The monoisotopic (exact) mass is 224 g/mol. The Balaban J connectivity index is 3.42. The zero-order chi connectivity index (χ0) is 12.3. The van der Waals surface area contributed by atoms with Crippen molar-refractivity contribution in [2.75, 3.05) is 0 Å². The fourth-order valence-corrected chi connectivity index (χ4v) is 1.11. The number of nitrogens with two attached hydrogens (primary N) is 2. The first-order valence-electron chi connectivity index (χ1n) is 4.03. The summed E-state index contributed by atoms with van der Waals surface area (Å²) >= 11 is 0. The molecule has 1 aromatic carbocycles. The maximum atomic E-state index is 10.8. The number of primary amides is 1. The summed E-state index contributed by atoms with van der Waals surface area (Å²) in [6.45, 7) is 0. The van der Waals surface area contributed by atoms with Crippen LogP contribution in [0.5, 0.6) is 0 Å². The van der Waals surface area contributed by atoms with Crippen molar-refractivity contribution in [2.45, 2.75) is 0 Å². The molecule has 0 aromatic heterocycles. The third-order valence-corrected chi connectivity index (χ3v) is 1.86. The van der Waals surface area contributed by atoms with Crippen LogP contribution in [0.25, 0.3) is 0 Å². The highest BCUT2D eigenvalue weighted by Gasteiger charge is 2.19. The van der Waals surface area contributed by atoms with Crippen LogP contribution in [-0.4, -0.2) is 21.9 Å². The van der Waals surface area contributed by atoms with Crippen molar-refractivity contribution in [2.24, 2.45) is 16.6 Å². The molecular formula is C8H8N4O4. The van der Waals surface area contributed by atoms with E-state index in [9.17, 15) is 14.9 Å². The summed E-state index contributed by atoms with van der Waals surface area (Å²) in [5.41, 5.74) is 9.64. The van der Waals surface area contributed by atoms with E-state index in [-0.39, 0.29) is 11.1 Å². The molecule has 0 radical (unpaired) electrons. The van der Waals surface area contributed by atoms with Gasteiger partial charge in [-0.15, -0.1) is 0 Å². The minimum absolute atomic E-state index is 0.0267. The highest BCUT2D eigenvalue weighted by Crippen LogP contribution is 2.19. The Hall–Kier alpha value is -2.64. The van der Waals surface area contributed by atoms with Crippen molar-refractivity contribution < 1.29 is 14.9 Å². The van der Waals surface area contributed by atoms with E-state index in [1.807, 2.05) is 0 Å². The van der Waals surface area contributed by atoms with E-state index in [1.165, 1.54) is 12.1 Å². The average molecular weight is 224 g/mol. The molecule has 8 heteroatoms. The second-order valence-electron chi connectivity index (χ2n) is 2.84. The normalized spacial score (nSPS) is 11.1. The molecule has 0 saturated heterocycles. The number of oxime groups is 1. The molecule has 1 amide bonds. The molecule has 0 atom stereocenters. The van der Waals surface area contributed by atoms with Gasteiger partial charge in [0.25, 0.3) is 5.69 Å². The van der Waals surface area contributed by atoms with Gasteiger partial charge in [-0.2, -0.15) is 0 Å². The van der Waals surface area contributed by atoms with Gasteiger partial charge >= 0.3 is 0 Å². The van der Waals surface area contributed by atoms with Crippen LogP contribution in [0.15, 0.2) is 23.4 Å². The van der Waals surface area contributed by atoms with E-state index in [1.54, 1.807) is 0 Å². The van der Waals surface area contributed by atoms with Gasteiger partial charge in [-0.3, -0.25) is 14.9 Å². The number of nitro benzene ring substituents is 1. The van der Waals surface area contributed by atoms with Crippen molar-refractivity contribution in [3.05, 3.63) is 39.4 Å². The van der Waals surface area contributed by atoms with Crippen LogP contribution in [-0.2, 0) is 0 Å². The Morgan fingerprint density at radius 1 is 1.44 bits per heavy atom. The smallest absolute Gasteiger partial charge is 0.281 e. The van der Waals surface area contributed by atoms with Crippen molar-refractivity contribution >= 4 is 17.4 Å². The molecule has 0 saturated carbocycles. The lowest BCUT2D eigenvalue weighted by atomic mass is 10.1. The third kappa shape index (κ3) is 2.05. The highest BCUT2D eigenvalue weighted by atomic mass is 16.6. The summed E-state index contributed by atoms with van der Waals surface area (Å²) in [5, 5.41) is 21.7. The maximum absolute atomic E-state index is 10.8. The molecule has 0 aliphatic heterocycles. The van der Waals surface area contributed by atoms with Crippen molar-refractivity contribution in [3.63, 3.8) is 0 Å². The van der Waals surface area contributed by atoms with Gasteiger partial charge in [0.05, 0.1) is 10.5 Å². The van der Waals surface area contributed by atoms with Crippen LogP contribution in [0.2, 0.25) is 0 Å². The number of carbonyl (C=O) groups is 1. The minimum atomic E-state index is -0.797. The van der Waals surface area contributed by atoms with E-state index >= 15 is 0 Å². The van der Waals surface area contributed by atoms with Gasteiger partial charge in [-0.25, -0.2) is 0 Å². The number of amides is 1. The van der Waals surface area contributed by atoms with Gasteiger partial charge < -0.3 is 16.7 Å². The lowest BCUT2D eigenvalue weighted by Gasteiger charge is -2.02. The second kappa shape index (κ2) is 4.26. The van der Waals surface area contributed by atoms with E-state index in [0.29, 0.717) is 0 Å². The summed E-state index contributed by atoms with van der Waals surface area (Å²) in [6, 6.07) is 3.41. The van der Waals surface area contributed by atoms with E-state index in [4.69, 9.17) is 16.7 Å². The number of amidine groups is 1. The Kier molecular flexibility index (Phi) is 3.04. The Morgan fingerprint density at radius 2 is 2.06 bits per heavy atom. The molecule has 0 aliphatic carbocycles. The number of carbonyl (C=O) groups excluding carboxylic acids is 1. The Labute approximate surface area is 89.3 Å². The fourth-order valence-electron chi connectivity index (χ4n) is 1.11. The van der Waals surface area contributed by atoms with Crippen molar-refractivity contribution in [1.82, 2.24) is 0 Å². The van der Waals surface area contributed by atoms with E-state index in [2.05, 4.69) is 5.16 Å². The lowest BCUT2D eigenvalue weighted by Crippen LogP contribution is -2.17. The maximum Gasteiger partial charge on any atom is 0.281 e. The summed E-state index contributed by atoms with van der Waals surface area (Å²) in [7, 11) is 0. The Bertz CT molecular complexity index is 483. The molecule has 8 nitrogen and oxygen atoms in total. The molecule has 0 bridgehead atoms. The van der Waals surface area contributed by atoms with Gasteiger partial charge in [0, 0.05) is 11.6 Å². The SMILES string of the molecule is NC(=O)c1ccc(C(N)=NO)c([N+](=O)[O-])c1. The standard InChI is InChI=1S/C8H8N4O4/c9-7(11-14)5-2-1-4(8(10)13)3-6(5)12(15)16/h1-3,14H,(H2,9,11)(H2,10,13). The number of benzene rings is 1. The van der Waals surface area contributed by atoms with Gasteiger partial charge in [-0.05, 0) is 12.1 Å². The molecule has 1 aromatic rings. The zero-order valence-electron chi connectivity index (χ0n) is 7.95. The number of hydrogen-bond acceptors (Lipinski definition) is 5. The van der Waals surface area contributed by atoms with E-state index in [0.717, 1.165) is 6.07 Å². The summed E-state index contributed by atoms with van der Waals surface area (Å²) in [4.78, 5) is 20.7. The van der Waals surface area contributed by atoms with Crippen LogP contribution in [0.1, 0.15) is 15.9 Å². The zero-order valence-corrected chi connectivity index (χ0v) is 7.95. The minimum Gasteiger partial charge on any atom is -0.409 e. The molecule has 1 rings (SSSR count). The summed E-state index contributed by atoms with van der Waals surface area (Å²) < 4.78 is 0. The molecule has 84 valence electrons.